The maximum absolute atomic E-state index is 11.5. The average molecular weight is 272 g/mol. The molecule has 2 aliphatic carbocycles. The van der Waals surface area contributed by atoms with Crippen molar-refractivity contribution in [1.29, 1.82) is 0 Å². The Hall–Kier alpha value is -2.59. The highest BCUT2D eigenvalue weighted by Gasteiger charge is 2.18. The van der Waals surface area contributed by atoms with Crippen LogP contribution in [0.5, 0.6) is 0 Å². The number of Topliss-reactive ketones (excluding diaryl/α,β-unsaturated/α-hetero) is 1. The summed E-state index contributed by atoms with van der Waals surface area (Å²) in [6.45, 7) is 3.60. The van der Waals surface area contributed by atoms with E-state index in [-0.39, 0.29) is 5.78 Å². The van der Waals surface area contributed by atoms with Crippen LogP contribution in [0.3, 0.4) is 0 Å². The predicted molar refractivity (Wildman–Crippen MR) is 86.0 cm³/mol. The second-order valence-corrected chi connectivity index (χ2v) is 5.35. The molecule has 2 aliphatic rings. The molecule has 1 aromatic rings. The van der Waals surface area contributed by atoms with Crippen molar-refractivity contribution in [3.63, 3.8) is 0 Å². The van der Waals surface area contributed by atoms with Gasteiger partial charge in [0.15, 0.2) is 5.78 Å². The summed E-state index contributed by atoms with van der Waals surface area (Å²) in [5.41, 5.74) is 5.13. The van der Waals surface area contributed by atoms with Gasteiger partial charge in [-0.15, -0.1) is 0 Å². The number of carbonyl (C=O) groups is 1. The third-order valence-corrected chi connectivity index (χ3v) is 3.84. The molecular weight excluding hydrogens is 256 g/mol. The molecule has 0 bridgehead atoms. The van der Waals surface area contributed by atoms with Crippen LogP contribution in [0.2, 0.25) is 0 Å². The molecule has 1 aromatic carbocycles. The van der Waals surface area contributed by atoms with E-state index in [0.717, 1.165) is 16.7 Å². The van der Waals surface area contributed by atoms with E-state index in [1.807, 2.05) is 31.2 Å². The van der Waals surface area contributed by atoms with Gasteiger partial charge in [-0.25, -0.2) is 0 Å². The molecule has 0 amide bonds. The first kappa shape index (κ1) is 13.4. The van der Waals surface area contributed by atoms with Crippen LogP contribution < -0.4 is 0 Å². The molecule has 0 saturated carbocycles. The molecule has 0 fully saturated rings. The zero-order valence-corrected chi connectivity index (χ0v) is 12.2. The Bertz CT molecular complexity index is 789. The van der Waals surface area contributed by atoms with Crippen molar-refractivity contribution in [3.05, 3.63) is 82.5 Å². The van der Waals surface area contributed by atoms with E-state index in [0.29, 0.717) is 11.5 Å². The lowest BCUT2D eigenvalue weighted by Gasteiger charge is -2.11. The van der Waals surface area contributed by atoms with Gasteiger partial charge in [-0.2, -0.15) is 0 Å². The summed E-state index contributed by atoms with van der Waals surface area (Å²) in [4.78, 5) is 11.5. The van der Waals surface area contributed by atoms with Gasteiger partial charge in [-0.3, -0.25) is 4.79 Å². The fourth-order valence-electron chi connectivity index (χ4n) is 2.52. The van der Waals surface area contributed by atoms with Crippen LogP contribution >= 0.6 is 0 Å². The van der Waals surface area contributed by atoms with Crippen molar-refractivity contribution < 1.29 is 4.79 Å². The third kappa shape index (κ3) is 2.66. The average Bonchev–Trinajstić information content (AvgIpc) is 2.89. The highest BCUT2D eigenvalue weighted by atomic mass is 16.1. The molecular formula is C20H16O. The molecule has 1 nitrogen and oxygen atoms in total. The highest BCUT2D eigenvalue weighted by Crippen LogP contribution is 2.31. The number of aryl methyl sites for hydroxylation is 1. The standard InChI is InChI=1S/C20H16O/c1-14-7-8-19(15(2)21)13-18(14)12-11-17-10-9-16-5-3-4-6-20(16)17/h3-10,13,20H,1-2H3. The van der Waals surface area contributed by atoms with E-state index >= 15 is 0 Å². The Kier molecular flexibility index (Phi) is 3.46. The predicted octanol–water partition coefficient (Wildman–Crippen LogP) is 4.16. The second kappa shape index (κ2) is 5.42. The Morgan fingerprint density at radius 1 is 1.14 bits per heavy atom. The van der Waals surface area contributed by atoms with Gasteiger partial charge < -0.3 is 0 Å². The van der Waals surface area contributed by atoms with Crippen molar-refractivity contribution in [2.75, 3.05) is 0 Å². The number of rotatable bonds is 1. The van der Waals surface area contributed by atoms with Gasteiger partial charge >= 0.3 is 0 Å². The summed E-state index contributed by atoms with van der Waals surface area (Å²) >= 11 is 0. The van der Waals surface area contributed by atoms with Crippen molar-refractivity contribution >= 4 is 5.78 Å². The zero-order chi connectivity index (χ0) is 14.8. The third-order valence-electron chi connectivity index (χ3n) is 3.84. The second-order valence-electron chi connectivity index (χ2n) is 5.35. The maximum Gasteiger partial charge on any atom is 0.159 e. The minimum absolute atomic E-state index is 0.0717. The van der Waals surface area contributed by atoms with Crippen LogP contribution in [0.1, 0.15) is 28.4 Å². The van der Waals surface area contributed by atoms with E-state index in [2.05, 4.69) is 42.2 Å². The first-order valence-corrected chi connectivity index (χ1v) is 7.05. The summed E-state index contributed by atoms with van der Waals surface area (Å²) in [6, 6.07) is 5.69. The molecule has 3 rings (SSSR count). The quantitative estimate of drug-likeness (QED) is 0.554. The molecule has 1 heteroatoms. The van der Waals surface area contributed by atoms with Gasteiger partial charge in [0.05, 0.1) is 0 Å². The molecule has 1 unspecified atom stereocenters. The number of allylic oxidation sites excluding steroid dienone is 8. The summed E-state index contributed by atoms with van der Waals surface area (Å²) < 4.78 is 0. The van der Waals surface area contributed by atoms with E-state index in [1.54, 1.807) is 6.92 Å². The van der Waals surface area contributed by atoms with Crippen LogP contribution in [-0.2, 0) is 0 Å². The summed E-state index contributed by atoms with van der Waals surface area (Å²) in [6.07, 6.45) is 12.6. The van der Waals surface area contributed by atoms with Crippen LogP contribution in [0.15, 0.2) is 65.8 Å². The topological polar surface area (TPSA) is 17.1 Å². The molecule has 21 heavy (non-hydrogen) atoms. The van der Waals surface area contributed by atoms with Crippen LogP contribution in [0, 0.1) is 24.7 Å². The van der Waals surface area contributed by atoms with Crippen molar-refractivity contribution in [2.24, 2.45) is 5.92 Å². The van der Waals surface area contributed by atoms with Gasteiger partial charge in [-0.05, 0) is 37.1 Å². The molecule has 0 heterocycles. The lowest BCUT2D eigenvalue weighted by atomic mass is 9.92. The van der Waals surface area contributed by atoms with Gasteiger partial charge in [0.1, 0.15) is 0 Å². The Morgan fingerprint density at radius 2 is 2.00 bits per heavy atom. The summed E-state index contributed by atoms with van der Waals surface area (Å²) in [5.74, 6) is 6.85. The van der Waals surface area contributed by atoms with E-state index in [1.165, 1.54) is 5.57 Å². The number of benzene rings is 1. The van der Waals surface area contributed by atoms with Crippen LogP contribution in [0.4, 0.5) is 0 Å². The molecule has 0 aliphatic heterocycles. The molecule has 0 spiro atoms. The van der Waals surface area contributed by atoms with Crippen LogP contribution in [0.25, 0.3) is 0 Å². The molecule has 0 aromatic heterocycles. The first-order valence-electron chi connectivity index (χ1n) is 7.05. The lowest BCUT2D eigenvalue weighted by molar-refractivity contribution is 0.101. The van der Waals surface area contributed by atoms with Crippen molar-refractivity contribution in [3.8, 4) is 11.8 Å². The van der Waals surface area contributed by atoms with Crippen molar-refractivity contribution in [2.45, 2.75) is 13.8 Å². The van der Waals surface area contributed by atoms with Crippen molar-refractivity contribution in [1.82, 2.24) is 0 Å². The number of hydrogen-bond acceptors (Lipinski definition) is 1. The van der Waals surface area contributed by atoms with Gasteiger partial charge in [-0.1, -0.05) is 54.4 Å². The van der Waals surface area contributed by atoms with Gasteiger partial charge in [0, 0.05) is 22.6 Å². The first-order chi connectivity index (χ1) is 10.1. The maximum atomic E-state index is 11.5. The monoisotopic (exact) mass is 272 g/mol. The molecule has 0 radical (unpaired) electrons. The van der Waals surface area contributed by atoms with Gasteiger partial charge in [0.25, 0.3) is 0 Å². The minimum Gasteiger partial charge on any atom is -0.295 e. The van der Waals surface area contributed by atoms with Gasteiger partial charge in [0.2, 0.25) is 0 Å². The number of hydrogen-bond donors (Lipinski definition) is 0. The SMILES string of the molecule is CC(=O)c1ccc(C)c(C#CC2=CC=C3C=CC=CC23)c1. The minimum atomic E-state index is 0.0717. The van der Waals surface area contributed by atoms with E-state index in [9.17, 15) is 4.79 Å². The molecule has 0 N–H and O–H groups in total. The molecule has 1 atom stereocenters. The summed E-state index contributed by atoms with van der Waals surface area (Å²) in [7, 11) is 0. The molecule has 0 saturated heterocycles. The van der Waals surface area contributed by atoms with Crippen LogP contribution in [-0.4, -0.2) is 5.78 Å². The lowest BCUT2D eigenvalue weighted by Crippen LogP contribution is -2.00. The Morgan fingerprint density at radius 3 is 2.81 bits per heavy atom. The van der Waals surface area contributed by atoms with E-state index in [4.69, 9.17) is 0 Å². The summed E-state index contributed by atoms with van der Waals surface area (Å²) in [5, 5.41) is 0. The number of ketones is 1. The fraction of sp³-hybridized carbons (Fsp3) is 0.150. The highest BCUT2D eigenvalue weighted by molar-refractivity contribution is 5.94. The number of carbonyl (C=O) groups excluding carboxylic acids is 1. The fourth-order valence-corrected chi connectivity index (χ4v) is 2.52. The largest absolute Gasteiger partial charge is 0.295 e. The zero-order valence-electron chi connectivity index (χ0n) is 12.2. The number of fused-ring (bicyclic) bond motifs is 1. The Balaban J connectivity index is 1.89. The normalized spacial score (nSPS) is 18.5. The molecule has 102 valence electrons. The Labute approximate surface area is 125 Å². The smallest absolute Gasteiger partial charge is 0.159 e. The van der Waals surface area contributed by atoms with E-state index < -0.39 is 0 Å².